The lowest BCUT2D eigenvalue weighted by atomic mass is 10.0. The summed E-state index contributed by atoms with van der Waals surface area (Å²) in [5.41, 5.74) is 5.81. The molecule has 2 nitrogen and oxygen atoms in total. The van der Waals surface area contributed by atoms with Crippen LogP contribution in [-0.4, -0.2) is 23.5 Å². The van der Waals surface area contributed by atoms with E-state index in [0.29, 0.717) is 5.70 Å². The van der Waals surface area contributed by atoms with E-state index < -0.39 is 0 Å². The Hall–Kier alpha value is -0.940. The monoisotopic (exact) mass is 178 g/mol. The van der Waals surface area contributed by atoms with Crippen molar-refractivity contribution in [3.8, 4) is 11.8 Å². The number of hydrogen-bond donors (Lipinski definition) is 1. The minimum atomic E-state index is -0.0567. The van der Waals surface area contributed by atoms with Gasteiger partial charge < -0.3 is 5.73 Å². The Labute approximate surface area is 80.8 Å². The van der Waals surface area contributed by atoms with E-state index in [1.807, 2.05) is 0 Å². The maximum Gasteiger partial charge on any atom is 0.0773 e. The normalized spacial score (nSPS) is 18.0. The average molecular weight is 178 g/mol. The minimum Gasteiger partial charge on any atom is -0.392 e. The summed E-state index contributed by atoms with van der Waals surface area (Å²) >= 11 is 0. The van der Waals surface area contributed by atoms with Crippen molar-refractivity contribution in [2.45, 2.75) is 32.2 Å². The van der Waals surface area contributed by atoms with Gasteiger partial charge in [0.05, 0.1) is 11.2 Å². The van der Waals surface area contributed by atoms with Gasteiger partial charge in [-0.15, -0.1) is 0 Å². The van der Waals surface area contributed by atoms with Crippen molar-refractivity contribution in [3.05, 3.63) is 12.3 Å². The fourth-order valence-corrected chi connectivity index (χ4v) is 1.59. The highest BCUT2D eigenvalue weighted by Crippen LogP contribution is 2.19. The molecule has 0 saturated carbocycles. The maximum absolute atomic E-state index is 5.41. The average Bonchev–Trinajstić information content (AvgIpc) is 2.53. The number of hydrogen-bond acceptors (Lipinski definition) is 2. The second kappa shape index (κ2) is 3.85. The third-order valence-corrected chi connectivity index (χ3v) is 2.43. The molecule has 0 atom stereocenters. The summed E-state index contributed by atoms with van der Waals surface area (Å²) in [6.07, 6.45) is 2.57. The van der Waals surface area contributed by atoms with Gasteiger partial charge in [0.2, 0.25) is 0 Å². The van der Waals surface area contributed by atoms with Crippen molar-refractivity contribution in [3.63, 3.8) is 0 Å². The van der Waals surface area contributed by atoms with Gasteiger partial charge in [-0.2, -0.15) is 0 Å². The van der Waals surface area contributed by atoms with Crippen LogP contribution in [0.2, 0.25) is 0 Å². The molecule has 0 aromatic rings. The first kappa shape index (κ1) is 10.1. The number of nitrogens with zero attached hydrogens (tertiary/aromatic N) is 1. The summed E-state index contributed by atoms with van der Waals surface area (Å²) in [6.45, 7) is 10.1. The van der Waals surface area contributed by atoms with Crippen LogP contribution in [-0.2, 0) is 0 Å². The molecule has 0 aromatic carbocycles. The smallest absolute Gasteiger partial charge is 0.0773 e. The van der Waals surface area contributed by atoms with Gasteiger partial charge in [-0.25, -0.2) is 0 Å². The van der Waals surface area contributed by atoms with Crippen molar-refractivity contribution < 1.29 is 0 Å². The van der Waals surface area contributed by atoms with Crippen molar-refractivity contribution in [2.24, 2.45) is 5.73 Å². The van der Waals surface area contributed by atoms with Crippen LogP contribution in [0, 0.1) is 11.8 Å². The lowest BCUT2D eigenvalue weighted by molar-refractivity contribution is 0.214. The van der Waals surface area contributed by atoms with E-state index in [1.54, 1.807) is 0 Å². The molecule has 0 amide bonds. The Balaban J connectivity index is 2.65. The summed E-state index contributed by atoms with van der Waals surface area (Å²) in [4.78, 5) is 2.39. The summed E-state index contributed by atoms with van der Waals surface area (Å²) in [5.74, 6) is 6.01. The molecular formula is C11H18N2. The van der Waals surface area contributed by atoms with Gasteiger partial charge in [-0.05, 0) is 45.7 Å². The predicted molar refractivity (Wildman–Crippen MR) is 56.0 cm³/mol. The molecule has 1 fully saturated rings. The zero-order valence-electron chi connectivity index (χ0n) is 8.56. The van der Waals surface area contributed by atoms with Crippen molar-refractivity contribution in [1.29, 1.82) is 0 Å². The van der Waals surface area contributed by atoms with Crippen LogP contribution < -0.4 is 5.73 Å². The molecule has 1 aliphatic rings. The van der Waals surface area contributed by atoms with E-state index in [0.717, 1.165) is 13.1 Å². The Kier molecular flexibility index (Phi) is 3.00. The number of rotatable bonds is 1. The molecule has 0 unspecified atom stereocenters. The van der Waals surface area contributed by atoms with Crippen molar-refractivity contribution >= 4 is 0 Å². The van der Waals surface area contributed by atoms with Crippen molar-refractivity contribution in [2.75, 3.05) is 13.1 Å². The van der Waals surface area contributed by atoms with E-state index in [-0.39, 0.29) is 5.54 Å². The number of nitrogens with two attached hydrogens (primary N) is 1. The van der Waals surface area contributed by atoms with Gasteiger partial charge in [0, 0.05) is 0 Å². The molecule has 2 N–H and O–H groups in total. The van der Waals surface area contributed by atoms with Crippen LogP contribution in [0.15, 0.2) is 12.3 Å². The van der Waals surface area contributed by atoms with Crippen molar-refractivity contribution in [1.82, 2.24) is 4.90 Å². The van der Waals surface area contributed by atoms with E-state index in [9.17, 15) is 0 Å². The highest BCUT2D eigenvalue weighted by Gasteiger charge is 2.26. The lowest BCUT2D eigenvalue weighted by Crippen LogP contribution is -2.40. The Morgan fingerprint density at radius 3 is 2.38 bits per heavy atom. The van der Waals surface area contributed by atoms with E-state index >= 15 is 0 Å². The molecular weight excluding hydrogens is 160 g/mol. The van der Waals surface area contributed by atoms with Crippen LogP contribution in [0.5, 0.6) is 0 Å². The standard InChI is InChI=1S/C11H18N2/c1-10(12)6-7-11(2,3)13-8-4-5-9-13/h1,4-5,8-9,12H2,2-3H3. The highest BCUT2D eigenvalue weighted by molar-refractivity contribution is 5.27. The summed E-state index contributed by atoms with van der Waals surface area (Å²) < 4.78 is 0. The summed E-state index contributed by atoms with van der Waals surface area (Å²) in [5, 5.41) is 0. The van der Waals surface area contributed by atoms with Gasteiger partial charge in [0.15, 0.2) is 0 Å². The van der Waals surface area contributed by atoms with Crippen LogP contribution in [0.1, 0.15) is 26.7 Å². The molecule has 1 saturated heterocycles. The predicted octanol–water partition coefficient (Wildman–Crippen LogP) is 1.34. The van der Waals surface area contributed by atoms with Crippen LogP contribution >= 0.6 is 0 Å². The van der Waals surface area contributed by atoms with Crippen LogP contribution in [0.3, 0.4) is 0 Å². The summed E-state index contributed by atoms with van der Waals surface area (Å²) in [6, 6.07) is 0. The van der Waals surface area contributed by atoms with E-state index in [1.165, 1.54) is 12.8 Å². The van der Waals surface area contributed by atoms with Gasteiger partial charge in [0.1, 0.15) is 0 Å². The fraction of sp³-hybridized carbons (Fsp3) is 0.636. The second-order valence-electron chi connectivity index (χ2n) is 4.03. The first-order valence-electron chi connectivity index (χ1n) is 4.75. The molecule has 1 heterocycles. The molecule has 1 rings (SSSR count). The Bertz CT molecular complexity index is 249. The lowest BCUT2D eigenvalue weighted by Gasteiger charge is -2.30. The summed E-state index contributed by atoms with van der Waals surface area (Å²) in [7, 11) is 0. The SMILES string of the molecule is C=C(N)C#CC(C)(C)N1CCCC1. The molecule has 2 heteroatoms. The zero-order chi connectivity index (χ0) is 9.90. The number of likely N-dealkylation sites (tertiary alicyclic amines) is 1. The topological polar surface area (TPSA) is 29.3 Å². The van der Waals surface area contributed by atoms with Gasteiger partial charge >= 0.3 is 0 Å². The van der Waals surface area contributed by atoms with Crippen LogP contribution in [0.4, 0.5) is 0 Å². The van der Waals surface area contributed by atoms with Crippen LogP contribution in [0.25, 0.3) is 0 Å². The molecule has 13 heavy (non-hydrogen) atoms. The zero-order valence-corrected chi connectivity index (χ0v) is 8.56. The maximum atomic E-state index is 5.41. The number of allylic oxidation sites excluding steroid dienone is 1. The van der Waals surface area contributed by atoms with E-state index in [4.69, 9.17) is 5.73 Å². The molecule has 1 aliphatic heterocycles. The van der Waals surface area contributed by atoms with Gasteiger partial charge in [-0.3, -0.25) is 4.90 Å². The fourth-order valence-electron chi connectivity index (χ4n) is 1.59. The first-order valence-corrected chi connectivity index (χ1v) is 4.75. The quantitative estimate of drug-likeness (QED) is 0.614. The molecule has 0 bridgehead atoms. The van der Waals surface area contributed by atoms with E-state index in [2.05, 4.69) is 37.2 Å². The second-order valence-corrected chi connectivity index (χ2v) is 4.03. The van der Waals surface area contributed by atoms with Gasteiger partial charge in [-0.1, -0.05) is 12.5 Å². The molecule has 0 aliphatic carbocycles. The Morgan fingerprint density at radius 2 is 1.92 bits per heavy atom. The molecule has 0 radical (unpaired) electrons. The first-order chi connectivity index (χ1) is 6.02. The largest absolute Gasteiger partial charge is 0.392 e. The molecule has 0 aromatic heterocycles. The minimum absolute atomic E-state index is 0.0567. The third-order valence-electron chi connectivity index (χ3n) is 2.43. The highest BCUT2D eigenvalue weighted by atomic mass is 15.2. The van der Waals surface area contributed by atoms with Gasteiger partial charge in [0.25, 0.3) is 0 Å². The third kappa shape index (κ3) is 2.78. The molecule has 72 valence electrons. The molecule has 0 spiro atoms. The Morgan fingerprint density at radius 1 is 1.38 bits per heavy atom.